The number of rotatable bonds is 2. The van der Waals surface area contributed by atoms with Gasteiger partial charge in [-0.1, -0.05) is 0 Å². The van der Waals surface area contributed by atoms with Crippen LogP contribution in [-0.2, 0) is 20.2 Å². The molecule has 0 radical (unpaired) electrons. The Morgan fingerprint density at radius 2 is 1.27 bits per heavy atom. The molecule has 0 unspecified atom stereocenters. The van der Waals surface area contributed by atoms with Crippen LogP contribution >= 0.6 is 15.9 Å². The molecule has 0 aromatic heterocycles. The smallest absolute Gasteiger partial charge is 0.281 e. The molecule has 10 heteroatoms. The summed E-state index contributed by atoms with van der Waals surface area (Å²) < 4.78 is 63.4. The van der Waals surface area contributed by atoms with Gasteiger partial charge in [-0.3, -0.25) is 9.11 Å². The van der Waals surface area contributed by atoms with E-state index in [0.29, 0.717) is 0 Å². The molecule has 0 fully saturated rings. The molecule has 0 bridgehead atoms. The first-order valence-electron chi connectivity index (χ1n) is 1.82. The maximum atomic E-state index is 12.3. The van der Waals surface area contributed by atoms with Crippen molar-refractivity contribution in [2.75, 3.05) is 0 Å². The predicted molar refractivity (Wildman–Crippen MR) is 35.9 cm³/mol. The minimum atomic E-state index is -5.55. The van der Waals surface area contributed by atoms with Crippen molar-refractivity contribution in [3.63, 3.8) is 0 Å². The van der Waals surface area contributed by atoms with Crippen molar-refractivity contribution in [2.45, 2.75) is 3.24 Å². The third-order valence-electron chi connectivity index (χ3n) is 0.601. The van der Waals surface area contributed by atoms with Crippen LogP contribution in [0.25, 0.3) is 0 Å². The maximum Gasteiger partial charge on any atom is 0.410 e. The topological polar surface area (TPSA) is 109 Å². The molecule has 0 atom stereocenters. The van der Waals surface area contributed by atoms with Crippen LogP contribution in [-0.4, -0.2) is 29.2 Å². The Kier molecular flexibility index (Phi) is 2.68. The van der Waals surface area contributed by atoms with Crippen molar-refractivity contribution in [2.24, 2.45) is 0 Å². The lowest BCUT2D eigenvalue weighted by molar-refractivity contribution is 0.376. The zero-order valence-corrected chi connectivity index (χ0v) is 7.82. The molecule has 0 heterocycles. The Labute approximate surface area is 70.0 Å². The average molecular weight is 273 g/mol. The van der Waals surface area contributed by atoms with E-state index >= 15 is 0 Å². The molecule has 11 heavy (non-hydrogen) atoms. The van der Waals surface area contributed by atoms with E-state index in [4.69, 9.17) is 9.11 Å². The Hall–Kier alpha value is 0.230. The summed E-state index contributed by atoms with van der Waals surface area (Å²) >= 11 is 1.48. The van der Waals surface area contributed by atoms with E-state index < -0.39 is 23.5 Å². The van der Waals surface area contributed by atoms with E-state index in [1.165, 1.54) is 15.9 Å². The lowest BCUT2D eigenvalue weighted by atomic mass is 11.8. The summed E-state index contributed by atoms with van der Waals surface area (Å²) in [4.78, 5) is 0. The molecule has 0 aromatic rings. The van der Waals surface area contributed by atoms with E-state index in [1.54, 1.807) is 0 Å². The van der Waals surface area contributed by atoms with Gasteiger partial charge in [0.2, 0.25) is 0 Å². The summed E-state index contributed by atoms with van der Waals surface area (Å²) in [6.45, 7) is 0. The monoisotopic (exact) mass is 272 g/mol. The molecule has 0 aliphatic heterocycles. The number of alkyl halides is 2. The fraction of sp³-hybridized carbons (Fsp3) is 1.00. The number of hydrogen-bond acceptors (Lipinski definition) is 4. The SMILES string of the molecule is O=S(=O)(O)C(F)(Br)S(=O)(=O)O. The second kappa shape index (κ2) is 2.62. The summed E-state index contributed by atoms with van der Waals surface area (Å²) in [5, 5.41) is 0. The highest BCUT2D eigenvalue weighted by Gasteiger charge is 2.53. The van der Waals surface area contributed by atoms with Gasteiger partial charge >= 0.3 is 23.5 Å². The fourth-order valence-corrected chi connectivity index (χ4v) is 1.20. The Balaban J connectivity index is 5.45. The van der Waals surface area contributed by atoms with E-state index in [2.05, 4.69) is 0 Å². The average Bonchev–Trinajstić information content (AvgIpc) is 1.58. The third-order valence-corrected chi connectivity index (χ3v) is 5.52. The van der Waals surface area contributed by atoms with Gasteiger partial charge in [0.05, 0.1) is 0 Å². The van der Waals surface area contributed by atoms with Gasteiger partial charge in [-0.05, 0) is 15.9 Å². The van der Waals surface area contributed by atoms with E-state index in [1.807, 2.05) is 0 Å². The van der Waals surface area contributed by atoms with Gasteiger partial charge in [0.25, 0.3) is 0 Å². The minimum absolute atomic E-state index is 1.48. The van der Waals surface area contributed by atoms with Crippen molar-refractivity contribution in [3.05, 3.63) is 0 Å². The highest BCUT2D eigenvalue weighted by atomic mass is 79.9. The molecular formula is CH2BrFO6S2. The number of halogens is 2. The standard InChI is InChI=1S/CH2BrFO6S2/c2-1(3,10(4,5)6)11(7,8)9/h(H,4,5,6)(H,7,8,9). The molecule has 0 aliphatic rings. The van der Waals surface area contributed by atoms with Crippen LogP contribution in [0.3, 0.4) is 0 Å². The molecule has 68 valence electrons. The Bertz CT molecular complexity index is 303. The zero-order valence-electron chi connectivity index (χ0n) is 4.60. The summed E-state index contributed by atoms with van der Waals surface area (Å²) in [6.07, 6.45) is 0. The van der Waals surface area contributed by atoms with Gasteiger partial charge in [0.1, 0.15) is 0 Å². The van der Waals surface area contributed by atoms with Crippen molar-refractivity contribution >= 4 is 36.2 Å². The van der Waals surface area contributed by atoms with Gasteiger partial charge in [0, 0.05) is 0 Å². The molecule has 0 aliphatic carbocycles. The van der Waals surface area contributed by atoms with E-state index in [0.717, 1.165) is 0 Å². The molecule has 0 spiro atoms. The van der Waals surface area contributed by atoms with Gasteiger partial charge in [-0.25, -0.2) is 0 Å². The summed E-state index contributed by atoms with van der Waals surface area (Å²) in [5.74, 6) is 0. The molecule has 0 aromatic carbocycles. The Morgan fingerprint density at radius 3 is 1.27 bits per heavy atom. The molecule has 0 rings (SSSR count). The fourth-order valence-electron chi connectivity index (χ4n) is 0.133. The third kappa shape index (κ3) is 2.08. The second-order valence-corrected chi connectivity index (χ2v) is 6.84. The highest BCUT2D eigenvalue weighted by Crippen LogP contribution is 2.31. The molecule has 0 saturated heterocycles. The van der Waals surface area contributed by atoms with Crippen LogP contribution < -0.4 is 0 Å². The lowest BCUT2D eigenvalue weighted by Crippen LogP contribution is -2.35. The first-order chi connectivity index (χ1) is 4.50. The van der Waals surface area contributed by atoms with Crippen LogP contribution in [0.15, 0.2) is 0 Å². The van der Waals surface area contributed by atoms with Crippen LogP contribution in [0, 0.1) is 0 Å². The van der Waals surface area contributed by atoms with E-state index in [9.17, 15) is 21.2 Å². The van der Waals surface area contributed by atoms with Gasteiger partial charge in [-0.15, -0.1) is 0 Å². The molecule has 0 saturated carbocycles. The van der Waals surface area contributed by atoms with Gasteiger partial charge in [0.15, 0.2) is 0 Å². The normalized spacial score (nSPS) is 14.9. The second-order valence-electron chi connectivity index (χ2n) is 1.41. The molecular weight excluding hydrogens is 271 g/mol. The minimum Gasteiger partial charge on any atom is -0.281 e. The first kappa shape index (κ1) is 11.2. The summed E-state index contributed by atoms with van der Waals surface area (Å²) in [6, 6.07) is 0. The van der Waals surface area contributed by atoms with Crippen molar-refractivity contribution in [3.8, 4) is 0 Å². The number of hydrogen-bond donors (Lipinski definition) is 2. The van der Waals surface area contributed by atoms with Crippen molar-refractivity contribution in [1.29, 1.82) is 0 Å². The molecule has 6 nitrogen and oxygen atoms in total. The van der Waals surface area contributed by atoms with Crippen LogP contribution in [0.5, 0.6) is 0 Å². The van der Waals surface area contributed by atoms with Crippen LogP contribution in [0.2, 0.25) is 0 Å². The summed E-state index contributed by atoms with van der Waals surface area (Å²) in [7, 11) is -11.1. The maximum absolute atomic E-state index is 12.3. The van der Waals surface area contributed by atoms with Gasteiger partial charge in [-0.2, -0.15) is 21.2 Å². The van der Waals surface area contributed by atoms with Crippen molar-refractivity contribution in [1.82, 2.24) is 0 Å². The molecule has 2 N–H and O–H groups in total. The zero-order chi connectivity index (χ0) is 9.50. The van der Waals surface area contributed by atoms with E-state index in [-0.39, 0.29) is 0 Å². The lowest BCUT2D eigenvalue weighted by Gasteiger charge is -2.09. The predicted octanol–water partition coefficient (Wildman–Crippen LogP) is -0.262. The Morgan fingerprint density at radius 1 is 1.09 bits per heavy atom. The van der Waals surface area contributed by atoms with Crippen LogP contribution in [0.1, 0.15) is 0 Å². The molecule has 0 amide bonds. The quantitative estimate of drug-likeness (QED) is 0.530. The van der Waals surface area contributed by atoms with Crippen LogP contribution in [0.4, 0.5) is 4.39 Å². The first-order valence-corrected chi connectivity index (χ1v) is 5.49. The summed E-state index contributed by atoms with van der Waals surface area (Å²) in [5.41, 5.74) is 0. The largest absolute Gasteiger partial charge is 0.410 e. The highest BCUT2D eigenvalue weighted by molar-refractivity contribution is 9.13. The van der Waals surface area contributed by atoms with Gasteiger partial charge < -0.3 is 0 Å². The van der Waals surface area contributed by atoms with Crippen molar-refractivity contribution < 1.29 is 30.3 Å².